The van der Waals surface area contributed by atoms with Crippen molar-refractivity contribution in [1.29, 1.82) is 0 Å². The molecule has 0 bridgehead atoms. The molecule has 0 heterocycles. The molecule has 0 spiro atoms. The molecule has 2 nitrogen and oxygen atoms in total. The van der Waals surface area contributed by atoms with Gasteiger partial charge in [0.15, 0.2) is 0 Å². The van der Waals surface area contributed by atoms with Crippen molar-refractivity contribution in [3.8, 4) is 5.75 Å². The molecule has 2 unspecified atom stereocenters. The highest BCUT2D eigenvalue weighted by Crippen LogP contribution is 2.29. The molecule has 2 heteroatoms. The zero-order valence-electron chi connectivity index (χ0n) is 12.8. The Bertz CT molecular complexity index is 575. The zero-order chi connectivity index (χ0) is 14.5. The zero-order valence-corrected chi connectivity index (χ0v) is 12.8. The predicted molar refractivity (Wildman–Crippen MR) is 88.9 cm³/mol. The molecule has 3 rings (SSSR count). The van der Waals surface area contributed by atoms with E-state index < -0.39 is 0 Å². The van der Waals surface area contributed by atoms with E-state index in [1.165, 1.54) is 36.5 Å². The predicted octanol–water partition coefficient (Wildman–Crippen LogP) is 4.53. The summed E-state index contributed by atoms with van der Waals surface area (Å²) in [7, 11) is 0. The second kappa shape index (κ2) is 6.95. The molecule has 2 aromatic carbocycles. The summed E-state index contributed by atoms with van der Waals surface area (Å²) in [4.78, 5) is 0. The fraction of sp³-hybridized carbons (Fsp3) is 0.474. The van der Waals surface area contributed by atoms with Gasteiger partial charge >= 0.3 is 0 Å². The van der Waals surface area contributed by atoms with Crippen molar-refractivity contribution in [3.63, 3.8) is 0 Å². The van der Waals surface area contributed by atoms with Crippen LogP contribution < -0.4 is 10.1 Å². The van der Waals surface area contributed by atoms with Crippen LogP contribution in [0.5, 0.6) is 5.75 Å². The topological polar surface area (TPSA) is 21.3 Å². The summed E-state index contributed by atoms with van der Waals surface area (Å²) in [6.07, 6.45) is 6.40. The molecule has 1 fully saturated rings. The van der Waals surface area contributed by atoms with E-state index in [9.17, 15) is 0 Å². The third-order valence-corrected chi connectivity index (χ3v) is 4.35. The highest BCUT2D eigenvalue weighted by molar-refractivity contribution is 5.88. The van der Waals surface area contributed by atoms with Crippen molar-refractivity contribution < 1.29 is 4.74 Å². The second-order valence-corrected chi connectivity index (χ2v) is 6.03. The molecule has 0 amide bonds. The number of hydrogen-bond acceptors (Lipinski definition) is 2. The Morgan fingerprint density at radius 1 is 1.10 bits per heavy atom. The van der Waals surface area contributed by atoms with Crippen molar-refractivity contribution in [2.24, 2.45) is 0 Å². The summed E-state index contributed by atoms with van der Waals surface area (Å²) in [5.74, 6) is 1.04. The van der Waals surface area contributed by atoms with Crippen LogP contribution in [0.15, 0.2) is 42.5 Å². The maximum absolute atomic E-state index is 6.34. The number of benzene rings is 2. The smallest absolute Gasteiger partial charge is 0.127 e. The average Bonchev–Trinajstić information content (AvgIpc) is 2.54. The minimum absolute atomic E-state index is 0.346. The number of fused-ring (bicyclic) bond motifs is 1. The number of rotatable bonds is 5. The normalized spacial score (nSPS) is 22.3. The average molecular weight is 283 g/mol. The Balaban J connectivity index is 1.70. The Hall–Kier alpha value is -1.54. The second-order valence-electron chi connectivity index (χ2n) is 6.03. The van der Waals surface area contributed by atoms with Gasteiger partial charge in [0.05, 0.1) is 0 Å². The van der Waals surface area contributed by atoms with E-state index in [1.807, 2.05) is 0 Å². The quantitative estimate of drug-likeness (QED) is 0.870. The Morgan fingerprint density at radius 2 is 1.95 bits per heavy atom. The van der Waals surface area contributed by atoms with Crippen molar-refractivity contribution >= 4 is 10.8 Å². The fourth-order valence-electron chi connectivity index (χ4n) is 3.26. The third kappa shape index (κ3) is 3.56. The SMILES string of the molecule is CCCNC1CCCC(Oc2cccc3ccccc23)C1. The van der Waals surface area contributed by atoms with Gasteiger partial charge in [-0.05, 0) is 50.1 Å². The van der Waals surface area contributed by atoms with Crippen molar-refractivity contribution in [2.75, 3.05) is 6.54 Å². The summed E-state index contributed by atoms with van der Waals surface area (Å²) in [6, 6.07) is 15.4. The minimum atomic E-state index is 0.346. The van der Waals surface area contributed by atoms with Crippen LogP contribution in [0.1, 0.15) is 39.0 Å². The molecule has 0 aromatic heterocycles. The molecular weight excluding hydrogens is 258 g/mol. The summed E-state index contributed by atoms with van der Waals surface area (Å²) >= 11 is 0. The van der Waals surface area contributed by atoms with Crippen LogP contribution in [0.2, 0.25) is 0 Å². The van der Waals surface area contributed by atoms with E-state index in [0.717, 1.165) is 18.7 Å². The van der Waals surface area contributed by atoms with E-state index in [-0.39, 0.29) is 0 Å². The van der Waals surface area contributed by atoms with Gasteiger partial charge < -0.3 is 10.1 Å². The van der Waals surface area contributed by atoms with Gasteiger partial charge in [-0.15, -0.1) is 0 Å². The van der Waals surface area contributed by atoms with Crippen LogP contribution in [0.3, 0.4) is 0 Å². The van der Waals surface area contributed by atoms with Gasteiger partial charge in [-0.2, -0.15) is 0 Å². The van der Waals surface area contributed by atoms with Crippen LogP contribution >= 0.6 is 0 Å². The summed E-state index contributed by atoms with van der Waals surface area (Å²) in [6.45, 7) is 3.34. The molecule has 21 heavy (non-hydrogen) atoms. The third-order valence-electron chi connectivity index (χ3n) is 4.35. The Kier molecular flexibility index (Phi) is 4.76. The Labute approximate surface area is 127 Å². The molecule has 2 atom stereocenters. The fourth-order valence-corrected chi connectivity index (χ4v) is 3.26. The summed E-state index contributed by atoms with van der Waals surface area (Å²) < 4.78 is 6.34. The Morgan fingerprint density at radius 3 is 2.86 bits per heavy atom. The number of hydrogen-bond donors (Lipinski definition) is 1. The van der Waals surface area contributed by atoms with Crippen LogP contribution in [0.25, 0.3) is 10.8 Å². The molecule has 112 valence electrons. The molecule has 0 aliphatic heterocycles. The first-order valence-corrected chi connectivity index (χ1v) is 8.24. The lowest BCUT2D eigenvalue weighted by Gasteiger charge is -2.30. The van der Waals surface area contributed by atoms with Gasteiger partial charge in [0.1, 0.15) is 11.9 Å². The highest BCUT2D eigenvalue weighted by Gasteiger charge is 2.23. The largest absolute Gasteiger partial charge is 0.490 e. The van der Waals surface area contributed by atoms with E-state index in [0.29, 0.717) is 12.1 Å². The first-order valence-electron chi connectivity index (χ1n) is 8.24. The molecule has 1 N–H and O–H groups in total. The lowest BCUT2D eigenvalue weighted by atomic mass is 9.92. The van der Waals surface area contributed by atoms with E-state index >= 15 is 0 Å². The van der Waals surface area contributed by atoms with Crippen LogP contribution in [0, 0.1) is 0 Å². The van der Waals surface area contributed by atoms with Gasteiger partial charge in [-0.1, -0.05) is 43.3 Å². The van der Waals surface area contributed by atoms with Gasteiger partial charge in [0.2, 0.25) is 0 Å². The lowest BCUT2D eigenvalue weighted by Crippen LogP contribution is -2.38. The molecule has 2 aromatic rings. The molecule has 1 aliphatic carbocycles. The molecule has 0 saturated heterocycles. The van der Waals surface area contributed by atoms with Crippen LogP contribution in [0.4, 0.5) is 0 Å². The number of ether oxygens (including phenoxy) is 1. The monoisotopic (exact) mass is 283 g/mol. The summed E-state index contributed by atoms with van der Waals surface area (Å²) in [5.41, 5.74) is 0. The van der Waals surface area contributed by atoms with E-state index in [2.05, 4.69) is 54.7 Å². The maximum Gasteiger partial charge on any atom is 0.127 e. The van der Waals surface area contributed by atoms with Gasteiger partial charge in [0, 0.05) is 11.4 Å². The van der Waals surface area contributed by atoms with Gasteiger partial charge in [-0.25, -0.2) is 0 Å². The van der Waals surface area contributed by atoms with Crippen molar-refractivity contribution in [2.45, 2.75) is 51.2 Å². The standard InChI is InChI=1S/C19H25NO/c1-2-13-20-16-9-6-10-17(14-16)21-19-12-5-8-15-7-3-4-11-18(15)19/h3-5,7-8,11-12,16-17,20H,2,6,9-10,13-14H2,1H3. The van der Waals surface area contributed by atoms with Crippen molar-refractivity contribution in [1.82, 2.24) is 5.32 Å². The molecule has 0 radical (unpaired) electrons. The number of nitrogens with one attached hydrogen (secondary N) is 1. The van der Waals surface area contributed by atoms with E-state index in [4.69, 9.17) is 4.74 Å². The lowest BCUT2D eigenvalue weighted by molar-refractivity contribution is 0.136. The van der Waals surface area contributed by atoms with Crippen LogP contribution in [-0.4, -0.2) is 18.7 Å². The highest BCUT2D eigenvalue weighted by atomic mass is 16.5. The van der Waals surface area contributed by atoms with Gasteiger partial charge in [0.25, 0.3) is 0 Å². The van der Waals surface area contributed by atoms with E-state index in [1.54, 1.807) is 0 Å². The molecule has 1 saturated carbocycles. The maximum atomic E-state index is 6.34. The minimum Gasteiger partial charge on any atom is -0.490 e. The summed E-state index contributed by atoms with van der Waals surface area (Å²) in [5, 5.41) is 6.13. The molecule has 1 aliphatic rings. The first-order chi connectivity index (χ1) is 10.4. The molecular formula is C19H25NO. The first kappa shape index (κ1) is 14.4. The van der Waals surface area contributed by atoms with Crippen LogP contribution in [-0.2, 0) is 0 Å². The van der Waals surface area contributed by atoms with Crippen molar-refractivity contribution in [3.05, 3.63) is 42.5 Å². The van der Waals surface area contributed by atoms with Gasteiger partial charge in [-0.3, -0.25) is 0 Å².